The highest BCUT2D eigenvalue weighted by atomic mass is 28.5. The molecular weight excluding hydrogens is 881 g/mol. The molecule has 3 nitrogen and oxygen atoms in total. The van der Waals surface area contributed by atoms with Crippen LogP contribution in [-0.2, 0) is 12.3 Å². The van der Waals surface area contributed by atoms with Gasteiger partial charge in [-0.25, -0.2) is 0 Å². The highest BCUT2D eigenvalue weighted by Crippen LogP contribution is 2.34. The van der Waals surface area contributed by atoms with Gasteiger partial charge in [0, 0.05) is 20.7 Å². The Morgan fingerprint density at radius 1 is 0.284 bits per heavy atom. The molecule has 0 aliphatic heterocycles. The molecule has 12 rings (SSSR count). The summed E-state index contributed by atoms with van der Waals surface area (Å²) in [6, 6.07) is 80.5. The molecule has 0 bridgehead atoms. The quantitative estimate of drug-likeness (QED) is 0.101. The molecule has 0 unspecified atom stereocenters. The topological polar surface area (TPSA) is 27.7 Å². The Hall–Kier alpha value is -6.53. The summed E-state index contributed by atoms with van der Waals surface area (Å²) in [5.41, 5.74) is 0. The van der Waals surface area contributed by atoms with Crippen molar-refractivity contribution in [3.63, 3.8) is 0 Å². The van der Waals surface area contributed by atoms with E-state index in [1.165, 1.54) is 43.1 Å². The first-order chi connectivity index (χ1) is 32.7. The fourth-order valence-electron chi connectivity index (χ4n) is 10.6. The summed E-state index contributed by atoms with van der Waals surface area (Å²) >= 11 is 0. The molecule has 0 aromatic heterocycles. The van der Waals surface area contributed by atoms with Crippen molar-refractivity contribution in [2.24, 2.45) is 0 Å². The summed E-state index contributed by atoms with van der Waals surface area (Å²) in [5.74, 6) is 0. The van der Waals surface area contributed by atoms with E-state index in [0.717, 1.165) is 63.8 Å². The van der Waals surface area contributed by atoms with E-state index in [0.29, 0.717) is 0 Å². The number of rotatable bonds is 10. The summed E-state index contributed by atoms with van der Waals surface area (Å²) in [7, 11) is -10.4. The molecule has 0 aliphatic rings. The van der Waals surface area contributed by atoms with Crippen LogP contribution in [0.15, 0.2) is 218 Å². The van der Waals surface area contributed by atoms with E-state index in [9.17, 15) is 0 Å². The van der Waals surface area contributed by atoms with Crippen molar-refractivity contribution in [3.8, 4) is 0 Å². The van der Waals surface area contributed by atoms with Crippen LogP contribution in [0.1, 0.15) is 0 Å². The lowest BCUT2D eigenvalue weighted by Crippen LogP contribution is -2.77. The van der Waals surface area contributed by atoms with Gasteiger partial charge in [-0.3, -0.25) is 0 Å². The molecule has 0 atom stereocenters. The minimum absolute atomic E-state index is 0.106. The maximum Gasteiger partial charge on any atom is 0.389 e. The van der Waals surface area contributed by atoms with E-state index in [1.807, 2.05) is 0 Å². The van der Waals surface area contributed by atoms with Crippen LogP contribution in [0.3, 0.4) is 0 Å². The Morgan fingerprint density at radius 2 is 0.537 bits per heavy atom. The monoisotopic (exact) mass is 928 g/mol. The van der Waals surface area contributed by atoms with E-state index in [2.05, 4.69) is 245 Å². The average Bonchev–Trinajstić information content (AvgIpc) is 3.34. The van der Waals surface area contributed by atoms with Gasteiger partial charge in [0.15, 0.2) is 8.32 Å². The smallest absolute Gasteiger partial charge is 0.389 e. The largest absolute Gasteiger partial charge is 0.430 e. The van der Waals surface area contributed by atoms with Crippen molar-refractivity contribution >= 4 is 142 Å². The van der Waals surface area contributed by atoms with E-state index in [4.69, 9.17) is 12.3 Å². The Labute approximate surface area is 396 Å². The highest BCUT2D eigenvalue weighted by Gasteiger charge is 2.57. The Balaban J connectivity index is 1.28. The van der Waals surface area contributed by atoms with Crippen molar-refractivity contribution in [2.45, 2.75) is 26.2 Å². The third-order valence-electron chi connectivity index (χ3n) is 13.4. The zero-order chi connectivity index (χ0) is 45.3. The van der Waals surface area contributed by atoms with E-state index in [-0.39, 0.29) is 9.76 Å². The van der Waals surface area contributed by atoms with Crippen LogP contribution in [0.4, 0.5) is 0 Å². The molecule has 0 saturated heterocycles. The zero-order valence-electron chi connectivity index (χ0n) is 38.0. The van der Waals surface area contributed by atoms with Gasteiger partial charge in [0.1, 0.15) is 0 Å². The number of hydrogen-bond donors (Lipinski definition) is 0. The summed E-state index contributed by atoms with van der Waals surface area (Å²) < 4.78 is 25.0. The second kappa shape index (κ2) is 16.4. The lowest BCUT2D eigenvalue weighted by Gasteiger charge is -2.45. The Bertz CT molecular complexity index is 3680. The van der Waals surface area contributed by atoms with Gasteiger partial charge in [0.2, 0.25) is 9.76 Å². The number of hydrogen-bond acceptors (Lipinski definition) is 3. The first kappa shape index (κ1) is 41.9. The number of fused-ring (bicyclic) bond motifs is 8. The second-order valence-corrected chi connectivity index (χ2v) is 30.5. The van der Waals surface area contributed by atoms with Gasteiger partial charge in [-0.15, -0.1) is 0 Å². The summed E-state index contributed by atoms with van der Waals surface area (Å²) in [5, 5.41) is 23.0. The Morgan fingerprint density at radius 3 is 0.806 bits per heavy atom. The predicted octanol–water partition coefficient (Wildman–Crippen LogP) is 13.3. The van der Waals surface area contributed by atoms with Gasteiger partial charge in [0.25, 0.3) is 0 Å². The predicted molar refractivity (Wildman–Crippen MR) is 294 cm³/mol. The van der Waals surface area contributed by atoms with Crippen molar-refractivity contribution in [1.29, 1.82) is 0 Å². The van der Waals surface area contributed by atoms with Gasteiger partial charge in [-0.2, -0.15) is 0 Å². The lowest BCUT2D eigenvalue weighted by molar-refractivity contribution is 0.365. The van der Waals surface area contributed by atoms with E-state index in [1.54, 1.807) is 0 Å². The third-order valence-corrected chi connectivity index (χ3v) is 25.8. The molecule has 0 fully saturated rings. The number of benzene rings is 12. The van der Waals surface area contributed by atoms with Crippen LogP contribution in [-0.4, -0.2) is 35.2 Å². The molecule has 12 aromatic carbocycles. The minimum atomic E-state index is -4.00. The molecule has 0 N–H and O–H groups in total. The van der Waals surface area contributed by atoms with E-state index < -0.39 is 25.4 Å². The molecule has 0 aliphatic carbocycles. The third kappa shape index (κ3) is 7.17. The minimum Gasteiger partial charge on any atom is -0.430 e. The maximum absolute atomic E-state index is 8.94. The summed E-state index contributed by atoms with van der Waals surface area (Å²) in [4.78, 5) is 0. The van der Waals surface area contributed by atoms with Crippen molar-refractivity contribution < 1.29 is 12.3 Å². The van der Waals surface area contributed by atoms with Crippen LogP contribution >= 0.6 is 0 Å². The molecule has 0 amide bonds. The van der Waals surface area contributed by atoms with Crippen LogP contribution in [0, 0.1) is 0 Å². The summed E-state index contributed by atoms with van der Waals surface area (Å²) in [6.45, 7) is 9.11. The summed E-state index contributed by atoms with van der Waals surface area (Å²) in [6.07, 6.45) is 0. The molecule has 322 valence electrons. The second-order valence-electron chi connectivity index (χ2n) is 18.8. The molecule has 0 spiro atoms. The van der Waals surface area contributed by atoms with Gasteiger partial charge >= 0.3 is 17.1 Å². The lowest BCUT2D eigenvalue weighted by atomic mass is 10.0. The van der Waals surface area contributed by atoms with Crippen molar-refractivity contribution in [1.82, 2.24) is 0 Å². The van der Waals surface area contributed by atoms with Crippen molar-refractivity contribution in [3.05, 3.63) is 218 Å². The van der Waals surface area contributed by atoms with Crippen LogP contribution in [0.5, 0.6) is 0 Å². The standard InChI is InChI=1S/C60H48O3Si4/c1-64-61-66(57-29-13-25-49-33-41-17-5-9-21-45(41)37-53(49)57,58-30-14-26-50-34-42-18-6-10-22-46(42)38-54(50)58)63-67(62-65(2,3)4,59-31-15-27-51-35-43-19-7-11-23-47(43)39-55(51)59)60-32-16-28-52-36-44-20-8-12-24-48(44)40-56(52)60/h5-40H,1-4H3. The van der Waals surface area contributed by atoms with Crippen molar-refractivity contribution in [2.75, 3.05) is 0 Å². The first-order valence-corrected chi connectivity index (χ1v) is 31.6. The van der Waals surface area contributed by atoms with E-state index >= 15 is 0 Å². The molecule has 67 heavy (non-hydrogen) atoms. The average molecular weight is 929 g/mol. The highest BCUT2D eigenvalue weighted by molar-refractivity contribution is 7.09. The fraction of sp³-hybridized carbons (Fsp3) is 0.0667. The van der Waals surface area contributed by atoms with Crippen LogP contribution in [0.2, 0.25) is 26.2 Å². The van der Waals surface area contributed by atoms with Gasteiger partial charge in [-0.1, -0.05) is 170 Å². The Kier molecular flexibility index (Phi) is 10.2. The molecular formula is C60H48O3Si4. The molecule has 2 radical (unpaired) electrons. The van der Waals surface area contributed by atoms with Gasteiger partial charge in [-0.05, 0) is 161 Å². The fourth-order valence-corrected chi connectivity index (χ4v) is 25.5. The normalized spacial score (nSPS) is 12.7. The SMILES string of the molecule is C[Si]O[Si](O[Si](O[Si](C)(C)C)(c1cccc2cc3ccccc3cc12)c1cccc2cc3ccccc3cc12)(c1cccc2cc3ccccc3cc12)c1cccc2cc3ccccc3cc12. The van der Waals surface area contributed by atoms with Crippen LogP contribution < -0.4 is 20.7 Å². The zero-order valence-corrected chi connectivity index (χ0v) is 42.0. The maximum atomic E-state index is 8.94. The first-order valence-electron chi connectivity index (χ1n) is 23.1. The van der Waals surface area contributed by atoms with Crippen LogP contribution in [0.25, 0.3) is 86.2 Å². The molecule has 12 aromatic rings. The molecule has 0 saturated carbocycles. The molecule has 0 heterocycles. The molecule has 7 heteroatoms. The van der Waals surface area contributed by atoms with Gasteiger partial charge in [0.05, 0.1) is 0 Å². The van der Waals surface area contributed by atoms with Gasteiger partial charge < -0.3 is 12.3 Å².